The Morgan fingerprint density at radius 2 is 1.76 bits per heavy atom. The minimum absolute atomic E-state index is 0.0278. The zero-order chi connectivity index (χ0) is 23.5. The fraction of sp³-hybridized carbons (Fsp3) is 0.292. The number of esters is 1. The van der Waals surface area contributed by atoms with Crippen molar-refractivity contribution in [3.8, 4) is 17.2 Å². The lowest BCUT2D eigenvalue weighted by Gasteiger charge is -2.06. The van der Waals surface area contributed by atoms with Gasteiger partial charge in [-0.2, -0.15) is 4.98 Å². The molecule has 0 unspecified atom stereocenters. The van der Waals surface area contributed by atoms with Crippen LogP contribution in [0.1, 0.15) is 45.4 Å². The molecule has 0 N–H and O–H groups in total. The van der Waals surface area contributed by atoms with E-state index in [0.717, 1.165) is 16.8 Å². The first-order valence-electron chi connectivity index (χ1n) is 10.5. The van der Waals surface area contributed by atoms with Crippen LogP contribution in [0.15, 0.2) is 45.4 Å². The average Bonchev–Trinajstić information content (AvgIpc) is 3.50. The van der Waals surface area contributed by atoms with E-state index in [4.69, 9.17) is 13.8 Å². The van der Waals surface area contributed by atoms with Gasteiger partial charge in [0.1, 0.15) is 5.76 Å². The summed E-state index contributed by atoms with van der Waals surface area (Å²) in [7, 11) is 0. The van der Waals surface area contributed by atoms with Crippen LogP contribution in [0.25, 0.3) is 17.2 Å². The van der Waals surface area contributed by atoms with Crippen LogP contribution >= 0.6 is 0 Å². The van der Waals surface area contributed by atoms with Crippen molar-refractivity contribution in [1.82, 2.24) is 19.9 Å². The van der Waals surface area contributed by atoms with Gasteiger partial charge < -0.3 is 13.8 Å². The summed E-state index contributed by atoms with van der Waals surface area (Å²) in [5.41, 5.74) is 3.98. The van der Waals surface area contributed by atoms with Crippen molar-refractivity contribution in [2.24, 2.45) is 0 Å². The van der Waals surface area contributed by atoms with Gasteiger partial charge in [-0.25, -0.2) is 0 Å². The first kappa shape index (κ1) is 22.2. The molecule has 4 rings (SSSR count). The molecule has 0 atom stereocenters. The van der Waals surface area contributed by atoms with E-state index in [-0.39, 0.29) is 25.2 Å². The van der Waals surface area contributed by atoms with Crippen molar-refractivity contribution >= 4 is 11.8 Å². The summed E-state index contributed by atoms with van der Waals surface area (Å²) >= 11 is 0. The van der Waals surface area contributed by atoms with Crippen molar-refractivity contribution in [3.05, 3.63) is 70.6 Å². The van der Waals surface area contributed by atoms with Gasteiger partial charge in [-0.3, -0.25) is 14.2 Å². The van der Waals surface area contributed by atoms with Gasteiger partial charge in [0.2, 0.25) is 17.5 Å². The topological polar surface area (TPSA) is 113 Å². The first-order chi connectivity index (χ1) is 15.8. The summed E-state index contributed by atoms with van der Waals surface area (Å²) < 4.78 is 17.4. The Hall–Kier alpha value is -4.01. The highest BCUT2D eigenvalue weighted by Gasteiger charge is 2.20. The second-order valence-corrected chi connectivity index (χ2v) is 7.88. The summed E-state index contributed by atoms with van der Waals surface area (Å²) in [5.74, 6) is 1.27. The molecule has 0 aliphatic heterocycles. The quantitative estimate of drug-likeness (QED) is 0.292. The Bertz CT molecular complexity index is 1300. The van der Waals surface area contributed by atoms with E-state index in [1.54, 1.807) is 19.1 Å². The van der Waals surface area contributed by atoms with Crippen molar-refractivity contribution in [1.29, 1.82) is 0 Å². The maximum absolute atomic E-state index is 12.7. The second kappa shape index (κ2) is 9.23. The highest BCUT2D eigenvalue weighted by molar-refractivity contribution is 5.99. The number of aromatic nitrogens is 4. The number of carbonyl (C=O) groups excluding carboxylic acids is 2. The van der Waals surface area contributed by atoms with Gasteiger partial charge in [0.15, 0.2) is 12.4 Å². The Kier molecular flexibility index (Phi) is 6.21. The SMILES string of the molecule is Cc1ccc(-c2noc(CCC(=O)OCC(=O)c3cc(C)n(-c4cc(C)on4)c3C)n2)cc1. The zero-order valence-corrected chi connectivity index (χ0v) is 18.9. The number of aryl methyl sites for hydroxylation is 4. The monoisotopic (exact) mass is 448 g/mol. The zero-order valence-electron chi connectivity index (χ0n) is 18.9. The fourth-order valence-corrected chi connectivity index (χ4v) is 3.54. The number of benzene rings is 1. The largest absolute Gasteiger partial charge is 0.457 e. The smallest absolute Gasteiger partial charge is 0.306 e. The van der Waals surface area contributed by atoms with Gasteiger partial charge in [-0.1, -0.05) is 40.1 Å². The van der Waals surface area contributed by atoms with Crippen molar-refractivity contribution in [3.63, 3.8) is 0 Å². The summed E-state index contributed by atoms with van der Waals surface area (Å²) in [6.07, 6.45) is 0.256. The number of hydrogen-bond donors (Lipinski definition) is 0. The van der Waals surface area contributed by atoms with Crippen LogP contribution in [-0.2, 0) is 16.0 Å². The van der Waals surface area contributed by atoms with Crippen LogP contribution in [0, 0.1) is 27.7 Å². The molecule has 3 aromatic heterocycles. The molecule has 0 saturated heterocycles. The van der Waals surface area contributed by atoms with Gasteiger partial charge in [0.25, 0.3) is 0 Å². The second-order valence-electron chi connectivity index (χ2n) is 7.88. The predicted molar refractivity (Wildman–Crippen MR) is 118 cm³/mol. The molecule has 0 spiro atoms. The van der Waals surface area contributed by atoms with Gasteiger partial charge in [0, 0.05) is 35.0 Å². The number of ether oxygens (including phenoxy) is 1. The lowest BCUT2D eigenvalue weighted by atomic mass is 10.1. The Morgan fingerprint density at radius 1 is 1.00 bits per heavy atom. The number of rotatable bonds is 8. The van der Waals surface area contributed by atoms with Crippen LogP contribution in [0.5, 0.6) is 0 Å². The fourth-order valence-electron chi connectivity index (χ4n) is 3.54. The highest BCUT2D eigenvalue weighted by atomic mass is 16.5. The molecule has 4 aromatic rings. The summed E-state index contributed by atoms with van der Waals surface area (Å²) in [4.78, 5) is 29.1. The molecule has 170 valence electrons. The molecular weight excluding hydrogens is 424 g/mol. The van der Waals surface area contributed by atoms with Gasteiger partial charge in [-0.15, -0.1) is 0 Å². The Balaban J connectivity index is 1.31. The minimum Gasteiger partial charge on any atom is -0.457 e. The molecule has 0 aliphatic carbocycles. The van der Waals surface area contributed by atoms with E-state index in [9.17, 15) is 9.59 Å². The first-order valence-corrected chi connectivity index (χ1v) is 10.5. The van der Waals surface area contributed by atoms with Crippen molar-refractivity contribution in [2.75, 3.05) is 6.61 Å². The molecule has 0 aliphatic rings. The van der Waals surface area contributed by atoms with E-state index >= 15 is 0 Å². The van der Waals surface area contributed by atoms with E-state index < -0.39 is 5.97 Å². The lowest BCUT2D eigenvalue weighted by Crippen LogP contribution is -2.15. The number of ketones is 1. The molecule has 1 aromatic carbocycles. The minimum atomic E-state index is -0.514. The van der Waals surface area contributed by atoms with Crippen molar-refractivity contribution in [2.45, 2.75) is 40.5 Å². The number of hydrogen-bond acceptors (Lipinski definition) is 8. The molecule has 33 heavy (non-hydrogen) atoms. The van der Waals surface area contributed by atoms with Crippen LogP contribution in [0.3, 0.4) is 0 Å². The molecule has 9 nitrogen and oxygen atoms in total. The normalized spacial score (nSPS) is 11.0. The predicted octanol–water partition coefficient (Wildman–Crippen LogP) is 4.11. The third-order valence-corrected chi connectivity index (χ3v) is 5.26. The molecule has 0 radical (unpaired) electrons. The summed E-state index contributed by atoms with van der Waals surface area (Å²) in [6, 6.07) is 11.3. The molecule has 0 fully saturated rings. The molecule has 0 bridgehead atoms. The van der Waals surface area contributed by atoms with E-state index in [2.05, 4.69) is 15.3 Å². The molecule has 0 amide bonds. The average molecular weight is 448 g/mol. The number of Topliss-reactive ketones (excluding diaryl/α,β-unsaturated/α-hetero) is 1. The van der Waals surface area contributed by atoms with E-state index in [0.29, 0.717) is 34.6 Å². The van der Waals surface area contributed by atoms with Gasteiger partial charge in [0.05, 0.1) is 6.42 Å². The van der Waals surface area contributed by atoms with E-state index in [1.807, 2.05) is 49.6 Å². The standard InChI is InChI=1S/C24H24N4O5/c1-14-5-7-18(8-6-14)24-25-22(33-27-24)9-10-23(30)31-13-20(29)19-11-15(2)28(17(19)4)21-12-16(3)32-26-21/h5-8,11-12H,9-10,13H2,1-4H3. The molecule has 9 heteroatoms. The third kappa shape index (κ3) is 4.92. The van der Waals surface area contributed by atoms with Crippen molar-refractivity contribution < 1.29 is 23.4 Å². The molecular formula is C24H24N4O5. The van der Waals surface area contributed by atoms with Crippen LogP contribution in [-0.4, -0.2) is 38.2 Å². The summed E-state index contributed by atoms with van der Waals surface area (Å²) in [5, 5.41) is 7.95. The Morgan fingerprint density at radius 3 is 2.45 bits per heavy atom. The number of nitrogens with zero attached hydrogens (tertiary/aromatic N) is 4. The lowest BCUT2D eigenvalue weighted by molar-refractivity contribution is -0.142. The summed E-state index contributed by atoms with van der Waals surface area (Å²) in [6.45, 7) is 7.13. The number of carbonyl (C=O) groups is 2. The third-order valence-electron chi connectivity index (χ3n) is 5.26. The van der Waals surface area contributed by atoms with Crippen LogP contribution < -0.4 is 0 Å². The molecule has 0 saturated carbocycles. The maximum Gasteiger partial charge on any atom is 0.306 e. The highest BCUT2D eigenvalue weighted by Crippen LogP contribution is 2.21. The maximum atomic E-state index is 12.7. The van der Waals surface area contributed by atoms with Gasteiger partial charge in [-0.05, 0) is 33.8 Å². The Labute approximate surface area is 190 Å². The van der Waals surface area contributed by atoms with Crippen LogP contribution in [0.2, 0.25) is 0 Å². The van der Waals surface area contributed by atoms with Crippen LogP contribution in [0.4, 0.5) is 0 Å². The van der Waals surface area contributed by atoms with Gasteiger partial charge >= 0.3 is 5.97 Å². The van der Waals surface area contributed by atoms with E-state index in [1.165, 1.54) is 0 Å². The molecule has 3 heterocycles.